The topological polar surface area (TPSA) is 98.7 Å². The van der Waals surface area contributed by atoms with Crippen molar-refractivity contribution in [1.82, 2.24) is 10.6 Å². The van der Waals surface area contributed by atoms with Crippen LogP contribution in [0.15, 0.2) is 48.5 Å². The predicted octanol–water partition coefficient (Wildman–Crippen LogP) is 2.65. The van der Waals surface area contributed by atoms with Gasteiger partial charge in [-0.05, 0) is 24.6 Å². The monoisotopic (exact) mass is 394 g/mol. The maximum atomic E-state index is 13.4. The van der Waals surface area contributed by atoms with Crippen LogP contribution in [0, 0.1) is 12.8 Å². The van der Waals surface area contributed by atoms with Crippen molar-refractivity contribution >= 4 is 11.8 Å². The lowest BCUT2D eigenvalue weighted by molar-refractivity contribution is -0.190. The van der Waals surface area contributed by atoms with Gasteiger partial charge in [0, 0.05) is 5.56 Å². The van der Waals surface area contributed by atoms with E-state index in [9.17, 15) is 33.0 Å². The number of aromatic hydroxyl groups is 1. The van der Waals surface area contributed by atoms with E-state index in [2.05, 4.69) is 10.6 Å². The SMILES string of the molecule is Cc1ccc(C2(O)NC(=O)NC(c3ccc(O)cc3)C2C(=O)C(F)(F)F)cc1. The minimum atomic E-state index is -5.25. The first kappa shape index (κ1) is 19.7. The van der Waals surface area contributed by atoms with Crippen LogP contribution in [0.3, 0.4) is 0 Å². The van der Waals surface area contributed by atoms with Gasteiger partial charge in [-0.2, -0.15) is 13.2 Å². The normalized spacial score (nSPS) is 25.0. The van der Waals surface area contributed by atoms with E-state index >= 15 is 0 Å². The lowest BCUT2D eigenvalue weighted by Crippen LogP contribution is -2.66. The number of urea groups is 1. The van der Waals surface area contributed by atoms with Crippen LogP contribution < -0.4 is 10.6 Å². The number of alkyl halides is 3. The maximum absolute atomic E-state index is 13.4. The minimum absolute atomic E-state index is 0.0562. The predicted molar refractivity (Wildman–Crippen MR) is 92.1 cm³/mol. The molecule has 148 valence electrons. The average molecular weight is 394 g/mol. The molecule has 6 nitrogen and oxygen atoms in total. The van der Waals surface area contributed by atoms with Gasteiger partial charge < -0.3 is 20.8 Å². The van der Waals surface area contributed by atoms with E-state index < -0.39 is 35.7 Å². The van der Waals surface area contributed by atoms with E-state index in [0.717, 1.165) is 5.56 Å². The summed E-state index contributed by atoms with van der Waals surface area (Å²) in [4.78, 5) is 24.5. The summed E-state index contributed by atoms with van der Waals surface area (Å²) in [5.74, 6) is -4.44. The van der Waals surface area contributed by atoms with Gasteiger partial charge in [0.15, 0.2) is 5.72 Å². The highest BCUT2D eigenvalue weighted by Crippen LogP contribution is 2.43. The number of hydrogen-bond acceptors (Lipinski definition) is 4. The molecule has 2 aromatic rings. The fourth-order valence-corrected chi connectivity index (χ4v) is 3.29. The Kier molecular flexibility index (Phi) is 4.80. The van der Waals surface area contributed by atoms with Gasteiger partial charge >= 0.3 is 12.2 Å². The number of ketones is 1. The Hall–Kier alpha value is -3.07. The minimum Gasteiger partial charge on any atom is -0.508 e. The van der Waals surface area contributed by atoms with Gasteiger partial charge in [-0.15, -0.1) is 0 Å². The second-order valence-corrected chi connectivity index (χ2v) is 6.64. The molecule has 1 aliphatic rings. The third-order valence-electron chi connectivity index (χ3n) is 4.68. The molecule has 3 rings (SSSR count). The van der Waals surface area contributed by atoms with E-state index in [1.807, 2.05) is 0 Å². The Labute approximate surface area is 158 Å². The summed E-state index contributed by atoms with van der Waals surface area (Å²) < 4.78 is 40.1. The molecule has 1 fully saturated rings. The van der Waals surface area contributed by atoms with Gasteiger partial charge in [-0.25, -0.2) is 4.79 Å². The zero-order valence-electron chi connectivity index (χ0n) is 14.6. The number of carbonyl (C=O) groups excluding carboxylic acids is 2. The Morgan fingerprint density at radius 3 is 2.18 bits per heavy atom. The lowest BCUT2D eigenvalue weighted by atomic mass is 9.76. The number of benzene rings is 2. The van der Waals surface area contributed by atoms with Crippen LogP contribution in [0.4, 0.5) is 18.0 Å². The van der Waals surface area contributed by atoms with Crippen LogP contribution in [0.1, 0.15) is 22.7 Å². The number of phenolic OH excluding ortho intramolecular Hbond substituents is 1. The Balaban J connectivity index is 2.18. The molecule has 0 saturated carbocycles. The van der Waals surface area contributed by atoms with Crippen LogP contribution >= 0.6 is 0 Å². The second kappa shape index (κ2) is 6.83. The number of halogens is 3. The van der Waals surface area contributed by atoms with Crippen molar-refractivity contribution in [1.29, 1.82) is 0 Å². The second-order valence-electron chi connectivity index (χ2n) is 6.64. The molecule has 9 heteroatoms. The van der Waals surface area contributed by atoms with E-state index in [1.165, 1.54) is 36.4 Å². The zero-order valence-corrected chi connectivity index (χ0v) is 14.6. The third-order valence-corrected chi connectivity index (χ3v) is 4.68. The van der Waals surface area contributed by atoms with Gasteiger partial charge in [-0.3, -0.25) is 4.79 Å². The first-order chi connectivity index (χ1) is 13.0. The van der Waals surface area contributed by atoms with Crippen LogP contribution in [-0.2, 0) is 10.5 Å². The van der Waals surface area contributed by atoms with E-state index in [-0.39, 0.29) is 16.9 Å². The standard InChI is InChI=1S/C19H17F3N2O4/c1-10-2-6-12(7-3-10)18(28)14(16(26)19(20,21)22)15(23-17(27)24-18)11-4-8-13(25)9-5-11/h2-9,14-15,25,28H,1H3,(H2,23,24,27). The fourth-order valence-electron chi connectivity index (χ4n) is 3.29. The molecule has 1 aliphatic heterocycles. The van der Waals surface area contributed by atoms with E-state index in [4.69, 9.17) is 0 Å². The molecule has 3 unspecified atom stereocenters. The number of nitrogens with one attached hydrogen (secondary N) is 2. The Morgan fingerprint density at radius 2 is 1.64 bits per heavy atom. The molecular weight excluding hydrogens is 377 g/mol. The summed E-state index contributed by atoms with van der Waals surface area (Å²) >= 11 is 0. The fraction of sp³-hybridized carbons (Fsp3) is 0.263. The van der Waals surface area contributed by atoms with Gasteiger partial charge in [0.2, 0.25) is 5.78 Å². The molecule has 1 saturated heterocycles. The first-order valence-electron chi connectivity index (χ1n) is 8.30. The number of hydrogen-bond donors (Lipinski definition) is 4. The number of phenols is 1. The summed E-state index contributed by atoms with van der Waals surface area (Å²) in [5.41, 5.74) is -1.74. The Bertz CT molecular complexity index is 897. The van der Waals surface area contributed by atoms with Crippen LogP contribution in [0.5, 0.6) is 5.75 Å². The third kappa shape index (κ3) is 3.53. The number of aliphatic hydroxyl groups is 1. The van der Waals surface area contributed by atoms with E-state index in [0.29, 0.717) is 0 Å². The molecule has 4 N–H and O–H groups in total. The van der Waals surface area contributed by atoms with Crippen molar-refractivity contribution in [2.75, 3.05) is 0 Å². The van der Waals surface area contributed by atoms with Gasteiger partial charge in [-0.1, -0.05) is 42.0 Å². The lowest BCUT2D eigenvalue weighted by Gasteiger charge is -2.45. The van der Waals surface area contributed by atoms with Crippen molar-refractivity contribution < 1.29 is 33.0 Å². The summed E-state index contributed by atoms with van der Waals surface area (Å²) in [5, 5.41) is 24.9. The maximum Gasteiger partial charge on any atom is 0.450 e. The zero-order chi connectivity index (χ0) is 20.7. The van der Waals surface area contributed by atoms with Crippen LogP contribution in [0.25, 0.3) is 0 Å². The highest BCUT2D eigenvalue weighted by molar-refractivity contribution is 5.91. The van der Waals surface area contributed by atoms with Crippen molar-refractivity contribution in [3.05, 3.63) is 65.2 Å². The number of amides is 2. The molecule has 0 aromatic heterocycles. The van der Waals surface area contributed by atoms with Gasteiger partial charge in [0.05, 0.1) is 6.04 Å². The van der Waals surface area contributed by atoms with Crippen molar-refractivity contribution in [3.63, 3.8) is 0 Å². The molecule has 28 heavy (non-hydrogen) atoms. The highest BCUT2D eigenvalue weighted by Gasteiger charge is 2.59. The Morgan fingerprint density at radius 1 is 1.07 bits per heavy atom. The van der Waals surface area contributed by atoms with Gasteiger partial charge in [0.25, 0.3) is 0 Å². The van der Waals surface area contributed by atoms with Crippen LogP contribution in [0.2, 0.25) is 0 Å². The highest BCUT2D eigenvalue weighted by atomic mass is 19.4. The first-order valence-corrected chi connectivity index (χ1v) is 8.30. The van der Waals surface area contributed by atoms with Crippen molar-refractivity contribution in [2.45, 2.75) is 24.9 Å². The number of carbonyl (C=O) groups is 2. The quantitative estimate of drug-likeness (QED) is 0.643. The largest absolute Gasteiger partial charge is 0.508 e. The molecule has 2 aromatic carbocycles. The molecule has 3 atom stereocenters. The molecular formula is C19H17F3N2O4. The average Bonchev–Trinajstić information content (AvgIpc) is 2.61. The summed E-state index contributed by atoms with van der Waals surface area (Å²) in [7, 11) is 0. The summed E-state index contributed by atoms with van der Waals surface area (Å²) in [6, 6.07) is 8.36. The number of Topliss-reactive ketones (excluding diaryl/α,β-unsaturated/α-hetero) is 1. The molecule has 2 amide bonds. The molecule has 0 radical (unpaired) electrons. The van der Waals surface area contributed by atoms with Crippen LogP contribution in [-0.4, -0.2) is 28.2 Å². The van der Waals surface area contributed by atoms with Crippen molar-refractivity contribution in [2.24, 2.45) is 5.92 Å². The molecule has 1 heterocycles. The number of aryl methyl sites for hydroxylation is 1. The van der Waals surface area contributed by atoms with Gasteiger partial charge in [0.1, 0.15) is 11.7 Å². The summed E-state index contributed by atoms with van der Waals surface area (Å²) in [6.45, 7) is 1.74. The summed E-state index contributed by atoms with van der Waals surface area (Å²) in [6.07, 6.45) is -5.25. The molecule has 0 bridgehead atoms. The van der Waals surface area contributed by atoms with E-state index in [1.54, 1.807) is 19.1 Å². The van der Waals surface area contributed by atoms with Crippen molar-refractivity contribution in [3.8, 4) is 5.75 Å². The molecule has 0 spiro atoms. The molecule has 0 aliphatic carbocycles. The smallest absolute Gasteiger partial charge is 0.450 e. The number of rotatable bonds is 3.